The second kappa shape index (κ2) is 6.20. The van der Waals surface area contributed by atoms with E-state index in [1.807, 2.05) is 32.0 Å². The minimum Gasteiger partial charge on any atom is -0.385 e. The molecule has 2 N–H and O–H groups in total. The minimum absolute atomic E-state index is 0.129. The van der Waals surface area contributed by atoms with Crippen LogP contribution in [-0.2, 0) is 11.0 Å². The number of carbonyl (C=O) groups excluding carboxylic acids is 1. The SMILES string of the molecule is Cc1ccc(C)c(C2C(=O)C(c3cccc(C(F)(F)F)c3)=C(N)N2C)c1. The standard InChI is InChI=1S/C20H19F3N2O/c1-11-7-8-12(2)15(9-11)17-18(26)16(19(24)25(17)3)13-5-4-6-14(10-13)20(21,22)23/h4-10,17H,24H2,1-3H3. The van der Waals surface area contributed by atoms with Crippen LogP contribution in [0, 0.1) is 13.8 Å². The van der Waals surface area contributed by atoms with Crippen LogP contribution in [0.4, 0.5) is 13.2 Å². The van der Waals surface area contributed by atoms with Gasteiger partial charge in [0.1, 0.15) is 11.9 Å². The van der Waals surface area contributed by atoms with Crippen molar-refractivity contribution in [3.63, 3.8) is 0 Å². The maximum Gasteiger partial charge on any atom is 0.416 e. The predicted molar refractivity (Wildman–Crippen MR) is 94.0 cm³/mol. The van der Waals surface area contributed by atoms with Gasteiger partial charge in [-0.3, -0.25) is 4.79 Å². The van der Waals surface area contributed by atoms with Crippen molar-refractivity contribution in [2.75, 3.05) is 7.05 Å². The third kappa shape index (κ3) is 2.96. The smallest absolute Gasteiger partial charge is 0.385 e. The lowest BCUT2D eigenvalue weighted by molar-refractivity contribution is -0.137. The van der Waals surface area contributed by atoms with Crippen molar-refractivity contribution in [2.45, 2.75) is 26.1 Å². The van der Waals surface area contributed by atoms with Crippen molar-refractivity contribution < 1.29 is 18.0 Å². The number of nitrogens with zero attached hydrogens (tertiary/aromatic N) is 1. The van der Waals surface area contributed by atoms with Gasteiger partial charge in [-0.1, -0.05) is 35.9 Å². The highest BCUT2D eigenvalue weighted by Gasteiger charge is 2.39. The van der Waals surface area contributed by atoms with E-state index < -0.39 is 17.8 Å². The van der Waals surface area contributed by atoms with E-state index in [1.54, 1.807) is 11.9 Å². The van der Waals surface area contributed by atoms with Crippen molar-refractivity contribution in [3.05, 3.63) is 76.1 Å². The average Bonchev–Trinajstić information content (AvgIpc) is 2.79. The highest BCUT2D eigenvalue weighted by atomic mass is 19.4. The molecule has 0 fully saturated rings. The van der Waals surface area contributed by atoms with E-state index in [1.165, 1.54) is 12.1 Å². The first-order valence-corrected chi connectivity index (χ1v) is 8.13. The number of benzene rings is 2. The van der Waals surface area contributed by atoms with E-state index >= 15 is 0 Å². The topological polar surface area (TPSA) is 46.3 Å². The molecule has 26 heavy (non-hydrogen) atoms. The zero-order valence-electron chi connectivity index (χ0n) is 14.7. The molecular formula is C20H19F3N2O. The third-order valence-corrected chi connectivity index (χ3v) is 4.73. The number of Topliss-reactive ketones (excluding diaryl/α,β-unsaturated/α-hetero) is 1. The van der Waals surface area contributed by atoms with Crippen LogP contribution in [0.2, 0.25) is 0 Å². The molecule has 3 nitrogen and oxygen atoms in total. The second-order valence-corrected chi connectivity index (χ2v) is 6.58. The number of hydrogen-bond acceptors (Lipinski definition) is 3. The van der Waals surface area contributed by atoms with Gasteiger partial charge < -0.3 is 10.6 Å². The van der Waals surface area contributed by atoms with Gasteiger partial charge in [0, 0.05) is 7.05 Å². The molecule has 0 radical (unpaired) electrons. The summed E-state index contributed by atoms with van der Waals surface area (Å²) in [7, 11) is 1.68. The lowest BCUT2D eigenvalue weighted by atomic mass is 9.92. The Morgan fingerprint density at radius 3 is 2.42 bits per heavy atom. The molecule has 0 spiro atoms. The number of hydrogen-bond donors (Lipinski definition) is 1. The Morgan fingerprint density at radius 1 is 1.08 bits per heavy atom. The summed E-state index contributed by atoms with van der Waals surface area (Å²) < 4.78 is 39.1. The molecule has 0 saturated heterocycles. The van der Waals surface area contributed by atoms with Gasteiger partial charge in [-0.15, -0.1) is 0 Å². The van der Waals surface area contributed by atoms with Gasteiger partial charge >= 0.3 is 6.18 Å². The van der Waals surface area contributed by atoms with Crippen LogP contribution in [0.1, 0.15) is 33.9 Å². The molecule has 0 bridgehead atoms. The van der Waals surface area contributed by atoms with Gasteiger partial charge in [-0.2, -0.15) is 13.2 Å². The van der Waals surface area contributed by atoms with Crippen LogP contribution in [0.3, 0.4) is 0 Å². The van der Waals surface area contributed by atoms with E-state index in [-0.39, 0.29) is 22.7 Å². The van der Waals surface area contributed by atoms with Gasteiger partial charge in [-0.25, -0.2) is 0 Å². The van der Waals surface area contributed by atoms with E-state index in [9.17, 15) is 18.0 Å². The first-order valence-electron chi connectivity index (χ1n) is 8.13. The molecule has 1 aliphatic rings. The molecule has 1 aliphatic heterocycles. The Bertz CT molecular complexity index is 916. The number of halogens is 3. The molecule has 0 aliphatic carbocycles. The molecule has 6 heteroatoms. The summed E-state index contributed by atoms with van der Waals surface area (Å²) in [6, 6.07) is 9.86. The van der Waals surface area contributed by atoms with E-state index in [2.05, 4.69) is 0 Å². The van der Waals surface area contributed by atoms with Crippen molar-refractivity contribution in [1.29, 1.82) is 0 Å². The Hall–Kier alpha value is -2.76. The van der Waals surface area contributed by atoms with Gasteiger partial charge in [0.25, 0.3) is 0 Å². The summed E-state index contributed by atoms with van der Waals surface area (Å²) in [4.78, 5) is 14.7. The summed E-state index contributed by atoms with van der Waals surface area (Å²) >= 11 is 0. The summed E-state index contributed by atoms with van der Waals surface area (Å²) in [6.07, 6.45) is -4.48. The number of carbonyl (C=O) groups is 1. The second-order valence-electron chi connectivity index (χ2n) is 6.58. The summed E-state index contributed by atoms with van der Waals surface area (Å²) in [5.74, 6) is -0.113. The first-order chi connectivity index (χ1) is 12.1. The highest BCUT2D eigenvalue weighted by molar-refractivity contribution is 6.26. The Balaban J connectivity index is 2.08. The lowest BCUT2D eigenvalue weighted by Gasteiger charge is -2.24. The fourth-order valence-corrected chi connectivity index (χ4v) is 3.30. The van der Waals surface area contributed by atoms with Crippen molar-refractivity contribution in [1.82, 2.24) is 4.90 Å². The Kier molecular flexibility index (Phi) is 4.30. The van der Waals surface area contributed by atoms with E-state index in [0.29, 0.717) is 0 Å². The van der Waals surface area contributed by atoms with Crippen LogP contribution in [0.15, 0.2) is 48.3 Å². The van der Waals surface area contributed by atoms with Gasteiger partial charge in [0.2, 0.25) is 0 Å². The fraction of sp³-hybridized carbons (Fsp3) is 0.250. The quantitative estimate of drug-likeness (QED) is 0.873. The van der Waals surface area contributed by atoms with Gasteiger partial charge in [0.05, 0.1) is 11.1 Å². The van der Waals surface area contributed by atoms with Crippen LogP contribution < -0.4 is 5.73 Å². The highest BCUT2D eigenvalue weighted by Crippen LogP contribution is 2.40. The molecular weight excluding hydrogens is 341 g/mol. The molecule has 1 heterocycles. The Morgan fingerprint density at radius 2 is 1.77 bits per heavy atom. The molecule has 1 atom stereocenters. The molecule has 0 amide bonds. The maximum absolute atomic E-state index is 13.1. The minimum atomic E-state index is -4.48. The zero-order chi connectivity index (χ0) is 19.2. The average molecular weight is 360 g/mol. The van der Waals surface area contributed by atoms with E-state index in [4.69, 9.17) is 5.73 Å². The number of alkyl halides is 3. The number of nitrogens with two attached hydrogens (primary N) is 1. The molecule has 2 aromatic rings. The lowest BCUT2D eigenvalue weighted by Crippen LogP contribution is -2.26. The number of likely N-dealkylation sites (N-methyl/N-ethyl adjacent to an activating group) is 1. The van der Waals surface area contributed by atoms with Gasteiger partial charge in [0.15, 0.2) is 5.78 Å². The van der Waals surface area contributed by atoms with E-state index in [0.717, 1.165) is 28.8 Å². The molecule has 2 aromatic carbocycles. The van der Waals surface area contributed by atoms with Crippen LogP contribution in [-0.4, -0.2) is 17.7 Å². The molecule has 1 unspecified atom stereocenters. The monoisotopic (exact) mass is 360 g/mol. The van der Waals surface area contributed by atoms with Crippen molar-refractivity contribution >= 4 is 11.4 Å². The van der Waals surface area contributed by atoms with Crippen LogP contribution in [0.25, 0.3) is 5.57 Å². The maximum atomic E-state index is 13.1. The largest absolute Gasteiger partial charge is 0.416 e. The zero-order valence-corrected chi connectivity index (χ0v) is 14.7. The van der Waals surface area contributed by atoms with Gasteiger partial charge in [-0.05, 0) is 42.7 Å². The molecule has 0 saturated carbocycles. The summed E-state index contributed by atoms with van der Waals surface area (Å²) in [5.41, 5.74) is 8.37. The number of rotatable bonds is 2. The Labute approximate surface area is 149 Å². The normalized spacial score (nSPS) is 18.0. The predicted octanol–water partition coefficient (Wildman–Crippen LogP) is 4.21. The van der Waals surface area contributed by atoms with Crippen molar-refractivity contribution in [3.8, 4) is 0 Å². The summed E-state index contributed by atoms with van der Waals surface area (Å²) in [6.45, 7) is 3.82. The third-order valence-electron chi connectivity index (χ3n) is 4.73. The number of ketones is 1. The summed E-state index contributed by atoms with van der Waals surface area (Å²) in [5, 5.41) is 0. The first kappa shape index (κ1) is 18.0. The van der Waals surface area contributed by atoms with Crippen molar-refractivity contribution in [2.24, 2.45) is 5.73 Å². The molecule has 136 valence electrons. The number of aryl methyl sites for hydroxylation is 2. The van der Waals surface area contributed by atoms with Crippen LogP contribution in [0.5, 0.6) is 0 Å². The molecule has 3 rings (SSSR count). The van der Waals surface area contributed by atoms with Crippen LogP contribution >= 0.6 is 0 Å². The fourth-order valence-electron chi connectivity index (χ4n) is 3.30. The molecule has 0 aromatic heterocycles.